The molecule has 1 rings (SSSR count). The monoisotopic (exact) mass is 282 g/mol. The summed E-state index contributed by atoms with van der Waals surface area (Å²) in [6, 6.07) is 6.11. The Morgan fingerprint density at radius 2 is 1.89 bits per heavy atom. The van der Waals surface area contributed by atoms with E-state index in [2.05, 4.69) is 20.9 Å². The van der Waals surface area contributed by atoms with Crippen molar-refractivity contribution in [2.24, 2.45) is 9.63 Å². The van der Waals surface area contributed by atoms with Crippen LogP contribution in [0.2, 0.25) is 0 Å². The number of aryl methyl sites for hydroxylation is 1. The first-order valence-electron chi connectivity index (χ1n) is 5.47. The average Bonchev–Trinajstić information content (AvgIpc) is 2.37. The molecule has 0 amide bonds. The van der Waals surface area contributed by atoms with Gasteiger partial charge in [-0.05, 0) is 26.0 Å². The maximum absolute atomic E-state index is 11.8. The van der Waals surface area contributed by atoms with Gasteiger partial charge in [0.2, 0.25) is 0 Å². The van der Waals surface area contributed by atoms with Gasteiger partial charge in [0.05, 0.1) is 11.5 Å². The maximum atomic E-state index is 11.8. The first-order chi connectivity index (χ1) is 8.86. The fourth-order valence-electron chi connectivity index (χ4n) is 1.12. The van der Waals surface area contributed by atoms with Crippen LogP contribution in [-0.2, 0) is 19.6 Å². The van der Waals surface area contributed by atoms with Gasteiger partial charge in [-0.15, -0.1) is 5.11 Å². The normalized spacial score (nSPS) is 11.5. The third-order valence-corrected chi connectivity index (χ3v) is 3.26. The average molecular weight is 282 g/mol. The van der Waals surface area contributed by atoms with Crippen LogP contribution in [0.5, 0.6) is 0 Å². The van der Waals surface area contributed by atoms with Crippen LogP contribution in [0.3, 0.4) is 0 Å². The molecule has 19 heavy (non-hydrogen) atoms. The Labute approximate surface area is 111 Å². The van der Waals surface area contributed by atoms with Crippen LogP contribution in [0.15, 0.2) is 51.1 Å². The van der Waals surface area contributed by atoms with E-state index >= 15 is 0 Å². The Kier molecular flexibility index (Phi) is 4.94. The second-order valence-electron chi connectivity index (χ2n) is 3.64. The molecule has 0 atom stereocenters. The quantitative estimate of drug-likeness (QED) is 0.471. The minimum atomic E-state index is -3.93. The van der Waals surface area contributed by atoms with Crippen molar-refractivity contribution in [2.75, 3.05) is 6.61 Å². The zero-order valence-electron chi connectivity index (χ0n) is 10.7. The highest BCUT2D eigenvalue weighted by Crippen LogP contribution is 2.14. The van der Waals surface area contributed by atoms with Crippen molar-refractivity contribution in [1.82, 2.24) is 0 Å². The van der Waals surface area contributed by atoms with Crippen LogP contribution in [0.4, 0.5) is 0 Å². The van der Waals surface area contributed by atoms with Crippen LogP contribution >= 0.6 is 0 Å². The molecule has 0 saturated carbocycles. The summed E-state index contributed by atoms with van der Waals surface area (Å²) in [6.07, 6.45) is 0. The van der Waals surface area contributed by atoms with E-state index in [-0.39, 0.29) is 17.2 Å². The van der Waals surface area contributed by atoms with Gasteiger partial charge < -0.3 is 4.74 Å². The molecule has 0 aromatic heterocycles. The molecular formula is C12H14N2O4S. The molecule has 0 aliphatic carbocycles. The van der Waals surface area contributed by atoms with Gasteiger partial charge in [-0.3, -0.25) is 0 Å². The number of hydrogen-bond donors (Lipinski definition) is 0. The molecule has 0 aliphatic rings. The minimum absolute atomic E-state index is 0.00138. The Hall–Kier alpha value is -2.02. The van der Waals surface area contributed by atoms with Crippen LogP contribution in [0, 0.1) is 6.92 Å². The molecule has 0 spiro atoms. The van der Waals surface area contributed by atoms with Crippen molar-refractivity contribution in [3.63, 3.8) is 0 Å². The summed E-state index contributed by atoms with van der Waals surface area (Å²) >= 11 is 0. The lowest BCUT2D eigenvalue weighted by molar-refractivity contribution is -0.138. The molecule has 1 aromatic rings. The van der Waals surface area contributed by atoms with Crippen molar-refractivity contribution in [3.05, 3.63) is 42.1 Å². The molecule has 7 heteroatoms. The first-order valence-corrected chi connectivity index (χ1v) is 6.91. The van der Waals surface area contributed by atoms with E-state index in [1.165, 1.54) is 12.1 Å². The van der Waals surface area contributed by atoms with Crippen molar-refractivity contribution < 1.29 is 17.9 Å². The third kappa shape index (κ3) is 4.29. The number of sulfonamides is 1. The molecule has 0 heterocycles. The summed E-state index contributed by atoms with van der Waals surface area (Å²) in [5.41, 5.74) is 0.560. The fourth-order valence-corrected chi connectivity index (χ4v) is 1.90. The molecule has 0 radical (unpaired) electrons. The van der Waals surface area contributed by atoms with Gasteiger partial charge in [0, 0.05) is 0 Å². The predicted octanol–water partition coefficient (Wildman–Crippen LogP) is 2.21. The lowest BCUT2D eigenvalue weighted by Crippen LogP contribution is -2.05. The van der Waals surface area contributed by atoms with Gasteiger partial charge >= 0.3 is 5.97 Å². The highest BCUT2D eigenvalue weighted by molar-refractivity contribution is 7.90. The Balaban J connectivity index is 2.88. The summed E-state index contributed by atoms with van der Waals surface area (Å²) in [5.74, 6) is -0.801. The number of nitrogens with zero attached hydrogens (tertiary/aromatic N) is 2. The molecule has 0 fully saturated rings. The lowest BCUT2D eigenvalue weighted by atomic mass is 10.2. The number of rotatable bonds is 5. The van der Waals surface area contributed by atoms with E-state index in [9.17, 15) is 13.2 Å². The van der Waals surface area contributed by atoms with E-state index < -0.39 is 16.0 Å². The second kappa shape index (κ2) is 6.24. The van der Waals surface area contributed by atoms with Crippen molar-refractivity contribution in [3.8, 4) is 0 Å². The topological polar surface area (TPSA) is 85.2 Å². The van der Waals surface area contributed by atoms with E-state index in [4.69, 9.17) is 0 Å². The van der Waals surface area contributed by atoms with Crippen LogP contribution in [-0.4, -0.2) is 21.0 Å². The summed E-state index contributed by atoms with van der Waals surface area (Å²) in [5, 5.41) is 3.28. The maximum Gasteiger partial charge on any atom is 0.358 e. The van der Waals surface area contributed by atoms with Crippen LogP contribution in [0.25, 0.3) is 0 Å². The third-order valence-electron chi connectivity index (χ3n) is 2.10. The number of carbonyl (C=O) groups excluding carboxylic acids is 1. The first kappa shape index (κ1) is 15.0. The number of ether oxygens (including phenoxy) is 1. The zero-order valence-corrected chi connectivity index (χ0v) is 11.5. The minimum Gasteiger partial charge on any atom is -0.461 e. The molecule has 1 aromatic carbocycles. The zero-order chi connectivity index (χ0) is 14.5. The molecule has 6 nitrogen and oxygen atoms in total. The molecular weight excluding hydrogens is 268 g/mol. The van der Waals surface area contributed by atoms with Crippen molar-refractivity contribution in [1.29, 1.82) is 0 Å². The van der Waals surface area contributed by atoms with Gasteiger partial charge in [0.15, 0.2) is 5.70 Å². The van der Waals surface area contributed by atoms with Crippen molar-refractivity contribution >= 4 is 16.0 Å². The standard InChI is InChI=1S/C12H14N2O4S/c1-4-18-12(15)10(3)13-14-19(16,17)11-7-5-9(2)6-8-11/h5-8H,3-4H2,1-2H3. The predicted molar refractivity (Wildman–Crippen MR) is 69.0 cm³/mol. The Bertz CT molecular complexity index is 603. The van der Waals surface area contributed by atoms with Gasteiger partial charge in [-0.2, -0.15) is 8.42 Å². The molecule has 0 saturated heterocycles. The van der Waals surface area contributed by atoms with Gasteiger partial charge in [0.1, 0.15) is 0 Å². The molecule has 0 N–H and O–H groups in total. The van der Waals surface area contributed by atoms with E-state index in [1.807, 2.05) is 6.92 Å². The second-order valence-corrected chi connectivity index (χ2v) is 5.22. The summed E-state index contributed by atoms with van der Waals surface area (Å²) < 4.78 is 31.3. The summed E-state index contributed by atoms with van der Waals surface area (Å²) in [4.78, 5) is 11.2. The van der Waals surface area contributed by atoms with E-state index in [1.54, 1.807) is 19.1 Å². The number of hydrogen-bond acceptors (Lipinski definition) is 5. The number of esters is 1. The highest BCUT2D eigenvalue weighted by atomic mass is 32.2. The largest absolute Gasteiger partial charge is 0.461 e. The van der Waals surface area contributed by atoms with Crippen molar-refractivity contribution in [2.45, 2.75) is 18.7 Å². The van der Waals surface area contributed by atoms with E-state index in [0.29, 0.717) is 0 Å². The number of benzene rings is 1. The smallest absolute Gasteiger partial charge is 0.358 e. The summed E-state index contributed by atoms with van der Waals surface area (Å²) in [7, 11) is -3.93. The van der Waals surface area contributed by atoms with Gasteiger partial charge in [0.25, 0.3) is 10.0 Å². The van der Waals surface area contributed by atoms with Gasteiger partial charge in [-0.25, -0.2) is 4.79 Å². The van der Waals surface area contributed by atoms with Crippen LogP contribution in [0.1, 0.15) is 12.5 Å². The Morgan fingerprint density at radius 3 is 2.42 bits per heavy atom. The van der Waals surface area contributed by atoms with E-state index in [0.717, 1.165) is 5.56 Å². The fraction of sp³-hybridized carbons (Fsp3) is 0.250. The van der Waals surface area contributed by atoms with Gasteiger partial charge in [-0.1, -0.05) is 28.8 Å². The number of carbonyl (C=O) groups is 1. The summed E-state index contributed by atoms with van der Waals surface area (Å²) in [6.45, 7) is 6.89. The molecule has 0 unspecified atom stereocenters. The highest BCUT2D eigenvalue weighted by Gasteiger charge is 2.14. The molecule has 0 bridgehead atoms. The lowest BCUT2D eigenvalue weighted by Gasteiger charge is -2.00. The van der Waals surface area contributed by atoms with Crippen LogP contribution < -0.4 is 0 Å². The molecule has 0 aliphatic heterocycles. The molecule has 102 valence electrons. The Morgan fingerprint density at radius 1 is 1.32 bits per heavy atom. The SMILES string of the molecule is C=C(N=NS(=O)(=O)c1ccc(C)cc1)C(=O)OCC.